The molecule has 0 spiro atoms. The first kappa shape index (κ1) is 20.8. The van der Waals surface area contributed by atoms with E-state index in [2.05, 4.69) is 5.32 Å². The Balaban J connectivity index is 1.82. The highest BCUT2D eigenvalue weighted by molar-refractivity contribution is 5.85. The molecule has 0 aromatic carbocycles. The number of hydrogen-bond acceptors (Lipinski definition) is 4. The van der Waals surface area contributed by atoms with Crippen molar-refractivity contribution in [2.45, 2.75) is 58.2 Å². The zero-order valence-corrected chi connectivity index (χ0v) is 17.7. The molecule has 30 heavy (non-hydrogen) atoms. The van der Waals surface area contributed by atoms with Crippen LogP contribution in [0.1, 0.15) is 56.8 Å². The molecule has 1 saturated carbocycles. The molecule has 3 aliphatic rings. The predicted molar refractivity (Wildman–Crippen MR) is 113 cm³/mol. The Labute approximate surface area is 176 Å². The number of rotatable bonds is 6. The summed E-state index contributed by atoms with van der Waals surface area (Å²) in [5.74, 6) is -1.03. The van der Waals surface area contributed by atoms with Gasteiger partial charge in [-0.25, -0.2) is 0 Å². The van der Waals surface area contributed by atoms with Crippen LogP contribution in [0.25, 0.3) is 6.08 Å². The summed E-state index contributed by atoms with van der Waals surface area (Å²) >= 11 is 0. The van der Waals surface area contributed by atoms with E-state index in [1.54, 1.807) is 16.7 Å². The molecule has 2 amide bonds. The van der Waals surface area contributed by atoms with Gasteiger partial charge >= 0.3 is 0 Å². The fraction of sp³-hybridized carbons (Fsp3) is 0.609. The van der Waals surface area contributed by atoms with Gasteiger partial charge in [-0.2, -0.15) is 0 Å². The third kappa shape index (κ3) is 3.20. The normalized spacial score (nSPS) is 27.8. The van der Waals surface area contributed by atoms with E-state index in [0.29, 0.717) is 24.3 Å². The first-order chi connectivity index (χ1) is 14.5. The largest absolute Gasteiger partial charge is 0.396 e. The molecule has 1 saturated heterocycles. The van der Waals surface area contributed by atoms with Crippen molar-refractivity contribution in [3.8, 4) is 0 Å². The van der Waals surface area contributed by atoms with Gasteiger partial charge in [0.2, 0.25) is 11.8 Å². The average molecular weight is 414 g/mol. The van der Waals surface area contributed by atoms with Crippen LogP contribution in [0.2, 0.25) is 0 Å². The van der Waals surface area contributed by atoms with E-state index in [-0.39, 0.29) is 41.9 Å². The van der Waals surface area contributed by atoms with Crippen LogP contribution in [0.4, 0.5) is 0 Å². The van der Waals surface area contributed by atoms with Crippen LogP contribution >= 0.6 is 0 Å². The predicted octanol–water partition coefficient (Wildman–Crippen LogP) is 1.70. The van der Waals surface area contributed by atoms with Crippen molar-refractivity contribution in [3.63, 3.8) is 0 Å². The summed E-state index contributed by atoms with van der Waals surface area (Å²) in [6.07, 6.45) is 7.20. The second kappa shape index (κ2) is 8.38. The first-order valence-corrected chi connectivity index (χ1v) is 11.1. The Hall–Kier alpha value is -2.41. The fourth-order valence-corrected chi connectivity index (χ4v) is 5.26. The standard InChI is InChI=1S/C23H31N3O4/c1-3-6-14-9-10-17-20-19(21(28)24-11-4-2)16(13-27)18(12-25(17)22(14)29)26(20)23(30)15-7-5-8-15/h3,6,9-10,15-16,18-20,27H,4-5,7-8,11-13H2,1-2H3,(H,24,28)/b6-3+/t16-,18-,19+,20+/m0/s1. The molecule has 2 N–H and O–H groups in total. The smallest absolute Gasteiger partial charge is 0.258 e. The van der Waals surface area contributed by atoms with Crippen molar-refractivity contribution in [3.05, 3.63) is 39.8 Å². The van der Waals surface area contributed by atoms with E-state index in [9.17, 15) is 19.5 Å². The van der Waals surface area contributed by atoms with Gasteiger partial charge in [-0.3, -0.25) is 14.4 Å². The number of aromatic nitrogens is 1. The summed E-state index contributed by atoms with van der Waals surface area (Å²) in [6, 6.07) is 2.78. The molecule has 1 aliphatic carbocycles. The highest BCUT2D eigenvalue weighted by atomic mass is 16.3. The molecule has 0 unspecified atom stereocenters. The molecule has 1 aromatic heterocycles. The topological polar surface area (TPSA) is 91.6 Å². The van der Waals surface area contributed by atoms with E-state index < -0.39 is 12.0 Å². The third-order valence-corrected chi connectivity index (χ3v) is 6.98. The number of fused-ring (bicyclic) bond motifs is 4. The van der Waals surface area contributed by atoms with Crippen molar-refractivity contribution in [1.29, 1.82) is 0 Å². The summed E-state index contributed by atoms with van der Waals surface area (Å²) in [7, 11) is 0. The molecule has 2 bridgehead atoms. The minimum Gasteiger partial charge on any atom is -0.396 e. The van der Waals surface area contributed by atoms with E-state index in [0.717, 1.165) is 25.7 Å². The molecule has 4 atom stereocenters. The molecule has 7 nitrogen and oxygen atoms in total. The zero-order chi connectivity index (χ0) is 21.4. The lowest BCUT2D eigenvalue weighted by Crippen LogP contribution is -2.51. The first-order valence-electron chi connectivity index (χ1n) is 11.1. The summed E-state index contributed by atoms with van der Waals surface area (Å²) in [4.78, 5) is 41.4. The summed E-state index contributed by atoms with van der Waals surface area (Å²) in [5.41, 5.74) is 1.18. The van der Waals surface area contributed by atoms with Crippen LogP contribution in [0, 0.1) is 17.8 Å². The molecule has 2 aliphatic heterocycles. The van der Waals surface area contributed by atoms with Gasteiger partial charge < -0.3 is 19.9 Å². The number of pyridine rings is 1. The van der Waals surface area contributed by atoms with Crippen molar-refractivity contribution in [1.82, 2.24) is 14.8 Å². The maximum atomic E-state index is 13.4. The number of aliphatic hydroxyl groups excluding tert-OH is 1. The fourth-order valence-electron chi connectivity index (χ4n) is 5.26. The zero-order valence-electron chi connectivity index (χ0n) is 17.7. The number of aliphatic hydroxyl groups is 1. The third-order valence-electron chi connectivity index (χ3n) is 6.98. The van der Waals surface area contributed by atoms with Gasteiger partial charge in [-0.05, 0) is 38.3 Å². The Morgan fingerprint density at radius 3 is 2.67 bits per heavy atom. The number of carbonyl (C=O) groups excluding carboxylic acids is 2. The summed E-state index contributed by atoms with van der Waals surface area (Å²) in [5, 5.41) is 13.2. The molecule has 2 fully saturated rings. The van der Waals surface area contributed by atoms with Gasteiger partial charge in [0.1, 0.15) is 0 Å². The minimum atomic E-state index is -0.559. The second-order valence-corrected chi connectivity index (χ2v) is 8.68. The highest BCUT2D eigenvalue weighted by Gasteiger charge is 2.58. The molecule has 1 aromatic rings. The van der Waals surface area contributed by atoms with E-state index >= 15 is 0 Å². The Morgan fingerprint density at radius 1 is 1.30 bits per heavy atom. The van der Waals surface area contributed by atoms with Gasteiger partial charge in [-0.15, -0.1) is 0 Å². The Kier molecular flexibility index (Phi) is 5.82. The monoisotopic (exact) mass is 413 g/mol. The lowest BCUT2D eigenvalue weighted by molar-refractivity contribution is -0.143. The number of nitrogens with one attached hydrogen (secondary N) is 1. The maximum absolute atomic E-state index is 13.4. The van der Waals surface area contributed by atoms with Gasteiger partial charge in [-0.1, -0.05) is 25.5 Å². The second-order valence-electron chi connectivity index (χ2n) is 8.68. The molecule has 7 heteroatoms. The minimum absolute atomic E-state index is 0.00707. The summed E-state index contributed by atoms with van der Waals surface area (Å²) < 4.78 is 1.71. The van der Waals surface area contributed by atoms with Crippen LogP contribution in [0.15, 0.2) is 23.0 Å². The molecular weight excluding hydrogens is 382 g/mol. The lowest BCUT2D eigenvalue weighted by atomic mass is 9.83. The average Bonchev–Trinajstić information content (AvgIpc) is 2.94. The van der Waals surface area contributed by atoms with Crippen molar-refractivity contribution < 1.29 is 14.7 Å². The number of allylic oxidation sites excluding steroid dienone is 1. The molecular formula is C23H31N3O4. The molecule has 162 valence electrons. The Morgan fingerprint density at radius 2 is 2.07 bits per heavy atom. The summed E-state index contributed by atoms with van der Waals surface area (Å²) in [6.45, 7) is 4.53. The number of amides is 2. The molecule has 0 radical (unpaired) electrons. The highest BCUT2D eigenvalue weighted by Crippen LogP contribution is 2.50. The number of nitrogens with zero attached hydrogens (tertiary/aromatic N) is 2. The van der Waals surface area contributed by atoms with Crippen LogP contribution < -0.4 is 10.9 Å². The van der Waals surface area contributed by atoms with Gasteiger partial charge in [0.15, 0.2) is 0 Å². The SMILES string of the molecule is C/C=C/c1ccc2n(c1=O)C[C@H]1[C@H](CO)[C@@H](C(=O)NCCC)[C@@H]2N1C(=O)C1CCC1. The maximum Gasteiger partial charge on any atom is 0.258 e. The lowest BCUT2D eigenvalue weighted by Gasteiger charge is -2.41. The quantitative estimate of drug-likeness (QED) is 0.743. The van der Waals surface area contributed by atoms with E-state index in [1.807, 2.05) is 30.9 Å². The van der Waals surface area contributed by atoms with Crippen LogP contribution in [0.3, 0.4) is 0 Å². The van der Waals surface area contributed by atoms with Crippen LogP contribution in [-0.2, 0) is 16.1 Å². The van der Waals surface area contributed by atoms with Crippen LogP contribution in [-0.4, -0.2) is 45.6 Å². The molecule has 3 heterocycles. The van der Waals surface area contributed by atoms with Gasteiger partial charge in [0.05, 0.1) is 18.0 Å². The van der Waals surface area contributed by atoms with E-state index in [4.69, 9.17) is 0 Å². The Bertz CT molecular complexity index is 918. The van der Waals surface area contributed by atoms with E-state index in [1.165, 1.54) is 0 Å². The van der Waals surface area contributed by atoms with Gasteiger partial charge in [0, 0.05) is 42.8 Å². The number of carbonyl (C=O) groups is 2. The van der Waals surface area contributed by atoms with Crippen LogP contribution in [0.5, 0.6) is 0 Å². The van der Waals surface area contributed by atoms with Crippen molar-refractivity contribution >= 4 is 17.9 Å². The molecule has 4 rings (SSSR count). The van der Waals surface area contributed by atoms with Crippen molar-refractivity contribution in [2.75, 3.05) is 13.2 Å². The van der Waals surface area contributed by atoms with Gasteiger partial charge in [0.25, 0.3) is 5.56 Å². The van der Waals surface area contributed by atoms with Crippen molar-refractivity contribution in [2.24, 2.45) is 17.8 Å². The number of hydrogen-bond donors (Lipinski definition) is 2.